The predicted octanol–water partition coefficient (Wildman–Crippen LogP) is 4.13. The maximum Gasteiger partial charge on any atom is 0.192 e. The first kappa shape index (κ1) is 15.5. The van der Waals surface area contributed by atoms with E-state index >= 15 is 0 Å². The summed E-state index contributed by atoms with van der Waals surface area (Å²) in [5, 5.41) is 9.61. The maximum atomic E-state index is 4.36. The highest BCUT2D eigenvalue weighted by Gasteiger charge is 2.13. The lowest BCUT2D eigenvalue weighted by Gasteiger charge is -2.08. The van der Waals surface area contributed by atoms with Crippen LogP contribution in [0.2, 0.25) is 0 Å². The van der Waals surface area contributed by atoms with Crippen LogP contribution in [0, 0.1) is 6.92 Å². The lowest BCUT2D eigenvalue weighted by atomic mass is 10.2. The van der Waals surface area contributed by atoms with Crippen molar-refractivity contribution in [1.29, 1.82) is 0 Å². The molecule has 0 amide bonds. The summed E-state index contributed by atoms with van der Waals surface area (Å²) in [6.45, 7) is 6.63. The number of allylic oxidation sites excluding steroid dienone is 1. The molecule has 5 heteroatoms. The third kappa shape index (κ3) is 3.68. The van der Waals surface area contributed by atoms with Gasteiger partial charge >= 0.3 is 0 Å². The molecule has 0 unspecified atom stereocenters. The molecule has 1 aromatic carbocycles. The third-order valence-corrected chi connectivity index (χ3v) is 4.46. The van der Waals surface area contributed by atoms with E-state index in [4.69, 9.17) is 0 Å². The van der Waals surface area contributed by atoms with Gasteiger partial charge in [-0.2, -0.15) is 0 Å². The number of rotatable bonds is 6. The number of nitrogens with zero attached hydrogens (tertiary/aromatic N) is 4. The number of hydrogen-bond acceptors (Lipinski definition) is 4. The molecule has 2 aromatic heterocycles. The zero-order valence-electron chi connectivity index (χ0n) is 13.0. The summed E-state index contributed by atoms with van der Waals surface area (Å²) < 4.78 is 2.09. The SMILES string of the molecule is C=CCn1c(SCc2cccc(C)c2)nnc1-c1ccncc1. The molecule has 23 heavy (non-hydrogen) atoms. The lowest BCUT2D eigenvalue weighted by molar-refractivity contribution is 0.731. The van der Waals surface area contributed by atoms with Crippen molar-refractivity contribution in [3.05, 3.63) is 72.6 Å². The van der Waals surface area contributed by atoms with Gasteiger partial charge in [-0.1, -0.05) is 47.7 Å². The lowest BCUT2D eigenvalue weighted by Crippen LogP contribution is -2.00. The summed E-state index contributed by atoms with van der Waals surface area (Å²) in [6, 6.07) is 12.4. The van der Waals surface area contributed by atoms with Crippen molar-refractivity contribution in [2.75, 3.05) is 0 Å². The van der Waals surface area contributed by atoms with E-state index in [0.717, 1.165) is 22.3 Å². The molecule has 0 aliphatic heterocycles. The van der Waals surface area contributed by atoms with Crippen LogP contribution in [0.4, 0.5) is 0 Å². The zero-order chi connectivity index (χ0) is 16.1. The van der Waals surface area contributed by atoms with Crippen LogP contribution in [0.25, 0.3) is 11.4 Å². The van der Waals surface area contributed by atoms with Crippen LogP contribution in [0.1, 0.15) is 11.1 Å². The van der Waals surface area contributed by atoms with E-state index in [1.807, 2.05) is 18.2 Å². The summed E-state index contributed by atoms with van der Waals surface area (Å²) in [4.78, 5) is 4.05. The van der Waals surface area contributed by atoms with Crippen molar-refractivity contribution >= 4 is 11.8 Å². The van der Waals surface area contributed by atoms with Gasteiger partial charge < -0.3 is 0 Å². The largest absolute Gasteiger partial charge is 0.298 e. The second-order valence-electron chi connectivity index (χ2n) is 5.22. The van der Waals surface area contributed by atoms with Crippen LogP contribution >= 0.6 is 11.8 Å². The Hall–Kier alpha value is -2.40. The van der Waals surface area contributed by atoms with Crippen molar-refractivity contribution in [2.24, 2.45) is 0 Å². The van der Waals surface area contributed by atoms with Crippen LogP contribution in [-0.2, 0) is 12.3 Å². The highest BCUT2D eigenvalue weighted by Crippen LogP contribution is 2.26. The Morgan fingerprint density at radius 1 is 1.17 bits per heavy atom. The molecular formula is C18H18N4S. The number of pyridine rings is 1. The second kappa shape index (κ2) is 7.24. The minimum atomic E-state index is 0.681. The molecule has 0 spiro atoms. The van der Waals surface area contributed by atoms with E-state index in [1.54, 1.807) is 24.2 Å². The fourth-order valence-electron chi connectivity index (χ4n) is 2.35. The summed E-state index contributed by atoms with van der Waals surface area (Å²) in [7, 11) is 0. The molecule has 4 nitrogen and oxygen atoms in total. The van der Waals surface area contributed by atoms with Gasteiger partial charge in [0, 0.05) is 30.3 Å². The van der Waals surface area contributed by atoms with Crippen LogP contribution in [0.3, 0.4) is 0 Å². The first-order valence-electron chi connectivity index (χ1n) is 7.41. The molecule has 0 radical (unpaired) electrons. The molecule has 3 aromatic rings. The quantitative estimate of drug-likeness (QED) is 0.505. The van der Waals surface area contributed by atoms with Gasteiger partial charge in [-0.15, -0.1) is 16.8 Å². The molecule has 0 bridgehead atoms. The Morgan fingerprint density at radius 2 is 2.00 bits per heavy atom. The number of aromatic nitrogens is 4. The first-order chi connectivity index (χ1) is 11.3. The van der Waals surface area contributed by atoms with Crippen molar-refractivity contribution in [3.8, 4) is 11.4 Å². The topological polar surface area (TPSA) is 43.6 Å². The van der Waals surface area contributed by atoms with Gasteiger partial charge in [0.15, 0.2) is 11.0 Å². The molecule has 0 aliphatic carbocycles. The van der Waals surface area contributed by atoms with Gasteiger partial charge in [0.05, 0.1) is 0 Å². The number of benzene rings is 1. The van der Waals surface area contributed by atoms with Gasteiger partial charge in [0.25, 0.3) is 0 Å². The Labute approximate surface area is 140 Å². The third-order valence-electron chi connectivity index (χ3n) is 3.42. The molecule has 0 saturated heterocycles. The van der Waals surface area contributed by atoms with Crippen LogP contribution in [0.15, 0.2) is 66.6 Å². The van der Waals surface area contributed by atoms with E-state index in [1.165, 1.54) is 11.1 Å². The van der Waals surface area contributed by atoms with Gasteiger partial charge in [0.1, 0.15) is 0 Å². The van der Waals surface area contributed by atoms with Crippen molar-refractivity contribution in [2.45, 2.75) is 24.4 Å². The van der Waals surface area contributed by atoms with Crippen molar-refractivity contribution in [1.82, 2.24) is 19.7 Å². The average molecular weight is 322 g/mol. The Balaban J connectivity index is 1.85. The normalized spacial score (nSPS) is 10.7. The average Bonchev–Trinajstić information content (AvgIpc) is 2.97. The smallest absolute Gasteiger partial charge is 0.192 e. The molecule has 0 aliphatic rings. The fraction of sp³-hybridized carbons (Fsp3) is 0.167. The number of thioether (sulfide) groups is 1. The molecule has 0 N–H and O–H groups in total. The van der Waals surface area contributed by atoms with E-state index in [0.29, 0.717) is 6.54 Å². The van der Waals surface area contributed by atoms with E-state index in [2.05, 4.69) is 57.5 Å². The molecule has 116 valence electrons. The maximum absolute atomic E-state index is 4.36. The summed E-state index contributed by atoms with van der Waals surface area (Å²) >= 11 is 1.69. The van der Waals surface area contributed by atoms with Crippen LogP contribution in [0.5, 0.6) is 0 Å². The standard InChI is InChI=1S/C18H18N4S/c1-3-11-22-17(16-7-9-19-10-8-16)20-21-18(22)23-13-15-6-4-5-14(2)12-15/h3-10,12H,1,11,13H2,2H3. The van der Waals surface area contributed by atoms with Gasteiger partial charge in [-0.3, -0.25) is 9.55 Å². The fourth-order valence-corrected chi connectivity index (χ4v) is 3.24. The van der Waals surface area contributed by atoms with Crippen LogP contribution in [-0.4, -0.2) is 19.7 Å². The molecule has 3 rings (SSSR count). The molecule has 0 saturated carbocycles. The summed E-state index contributed by atoms with van der Waals surface area (Å²) in [5.41, 5.74) is 3.57. The van der Waals surface area contributed by atoms with E-state index in [9.17, 15) is 0 Å². The Kier molecular flexibility index (Phi) is 4.88. The minimum Gasteiger partial charge on any atom is -0.298 e. The summed E-state index contributed by atoms with van der Waals surface area (Å²) in [5.74, 6) is 1.71. The van der Waals surface area contributed by atoms with Gasteiger partial charge in [0.2, 0.25) is 0 Å². The van der Waals surface area contributed by atoms with E-state index in [-0.39, 0.29) is 0 Å². The van der Waals surface area contributed by atoms with Crippen molar-refractivity contribution in [3.63, 3.8) is 0 Å². The monoisotopic (exact) mass is 322 g/mol. The first-order valence-corrected chi connectivity index (χ1v) is 8.39. The highest BCUT2D eigenvalue weighted by molar-refractivity contribution is 7.98. The number of hydrogen-bond donors (Lipinski definition) is 0. The minimum absolute atomic E-state index is 0.681. The van der Waals surface area contributed by atoms with Crippen LogP contribution < -0.4 is 0 Å². The molecule has 0 fully saturated rings. The summed E-state index contributed by atoms with van der Waals surface area (Å²) in [6.07, 6.45) is 5.40. The highest BCUT2D eigenvalue weighted by atomic mass is 32.2. The molecule has 2 heterocycles. The Morgan fingerprint density at radius 3 is 2.74 bits per heavy atom. The van der Waals surface area contributed by atoms with Crippen molar-refractivity contribution < 1.29 is 0 Å². The molecule has 0 atom stereocenters. The van der Waals surface area contributed by atoms with Gasteiger partial charge in [-0.05, 0) is 24.6 Å². The zero-order valence-corrected chi connectivity index (χ0v) is 13.8. The van der Waals surface area contributed by atoms with Gasteiger partial charge in [-0.25, -0.2) is 0 Å². The number of aryl methyl sites for hydroxylation is 1. The molecular weight excluding hydrogens is 304 g/mol. The van der Waals surface area contributed by atoms with E-state index < -0.39 is 0 Å². The Bertz CT molecular complexity index is 796. The predicted molar refractivity (Wildman–Crippen MR) is 94.2 cm³/mol. The second-order valence-corrected chi connectivity index (χ2v) is 6.16.